The van der Waals surface area contributed by atoms with Gasteiger partial charge in [0.25, 0.3) is 0 Å². The van der Waals surface area contributed by atoms with Gasteiger partial charge in [0.1, 0.15) is 0 Å². The van der Waals surface area contributed by atoms with Crippen LogP contribution in [-0.2, 0) is 6.42 Å². The van der Waals surface area contributed by atoms with Crippen LogP contribution in [0.2, 0.25) is 0 Å². The lowest BCUT2D eigenvalue weighted by Gasteiger charge is -2.05. The van der Waals surface area contributed by atoms with Crippen molar-refractivity contribution in [1.82, 2.24) is 0 Å². The SMILES string of the molecule is CCc1ccccc1/C(C)=N\C. The highest BCUT2D eigenvalue weighted by Crippen LogP contribution is 2.10. The van der Waals surface area contributed by atoms with Crippen LogP contribution >= 0.6 is 0 Å². The Morgan fingerprint density at radius 3 is 2.58 bits per heavy atom. The van der Waals surface area contributed by atoms with E-state index in [-0.39, 0.29) is 0 Å². The Hall–Kier alpha value is -1.11. The van der Waals surface area contributed by atoms with Crippen molar-refractivity contribution in [2.45, 2.75) is 20.3 Å². The molecule has 0 bridgehead atoms. The minimum atomic E-state index is 1.07. The molecule has 1 heteroatoms. The highest BCUT2D eigenvalue weighted by atomic mass is 14.7. The van der Waals surface area contributed by atoms with E-state index in [9.17, 15) is 0 Å². The molecule has 1 aromatic rings. The van der Waals surface area contributed by atoms with Gasteiger partial charge in [0.15, 0.2) is 0 Å². The van der Waals surface area contributed by atoms with Crippen molar-refractivity contribution in [3.05, 3.63) is 35.4 Å². The smallest absolute Gasteiger partial charge is 0.0388 e. The van der Waals surface area contributed by atoms with Crippen molar-refractivity contribution >= 4 is 5.71 Å². The van der Waals surface area contributed by atoms with Gasteiger partial charge >= 0.3 is 0 Å². The normalized spacial score (nSPS) is 11.8. The lowest BCUT2D eigenvalue weighted by molar-refractivity contribution is 1.13. The first-order valence-electron chi connectivity index (χ1n) is 4.31. The summed E-state index contributed by atoms with van der Waals surface area (Å²) in [4.78, 5) is 4.18. The molecule has 0 unspecified atom stereocenters. The van der Waals surface area contributed by atoms with E-state index in [0.717, 1.165) is 12.1 Å². The van der Waals surface area contributed by atoms with Gasteiger partial charge in [-0.15, -0.1) is 0 Å². The number of aliphatic imine (C=N–C) groups is 1. The number of aryl methyl sites for hydroxylation is 1. The Bertz CT molecular complexity index is 287. The predicted octanol–water partition coefficient (Wildman–Crippen LogP) is 2.69. The first kappa shape index (κ1) is 8.98. The molecule has 0 heterocycles. The van der Waals surface area contributed by atoms with Crippen molar-refractivity contribution in [2.75, 3.05) is 7.05 Å². The van der Waals surface area contributed by atoms with E-state index in [4.69, 9.17) is 0 Å². The molecule has 0 amide bonds. The molecule has 0 aliphatic rings. The van der Waals surface area contributed by atoms with Gasteiger partial charge in [-0.3, -0.25) is 4.99 Å². The first-order valence-corrected chi connectivity index (χ1v) is 4.31. The highest BCUT2D eigenvalue weighted by molar-refractivity contribution is 5.99. The maximum Gasteiger partial charge on any atom is 0.0388 e. The van der Waals surface area contributed by atoms with Crippen LogP contribution in [0.5, 0.6) is 0 Å². The lowest BCUT2D eigenvalue weighted by Crippen LogP contribution is -1.99. The van der Waals surface area contributed by atoms with Gasteiger partial charge in [-0.05, 0) is 24.5 Å². The van der Waals surface area contributed by atoms with Crippen LogP contribution in [0, 0.1) is 0 Å². The Morgan fingerprint density at radius 2 is 2.00 bits per heavy atom. The van der Waals surface area contributed by atoms with Gasteiger partial charge in [0.2, 0.25) is 0 Å². The average Bonchev–Trinajstić information content (AvgIpc) is 2.16. The number of hydrogen-bond acceptors (Lipinski definition) is 1. The van der Waals surface area contributed by atoms with Crippen molar-refractivity contribution < 1.29 is 0 Å². The molecule has 0 atom stereocenters. The molecule has 0 saturated carbocycles. The summed E-state index contributed by atoms with van der Waals surface area (Å²) < 4.78 is 0. The first-order chi connectivity index (χ1) is 5.79. The average molecular weight is 161 g/mol. The zero-order valence-electron chi connectivity index (χ0n) is 7.96. The second-order valence-electron chi connectivity index (χ2n) is 2.82. The van der Waals surface area contributed by atoms with Crippen molar-refractivity contribution in [1.29, 1.82) is 0 Å². The lowest BCUT2D eigenvalue weighted by atomic mass is 10.0. The highest BCUT2D eigenvalue weighted by Gasteiger charge is 2.00. The van der Waals surface area contributed by atoms with E-state index in [1.54, 1.807) is 0 Å². The minimum Gasteiger partial charge on any atom is -0.293 e. The molecule has 0 N–H and O–H groups in total. The van der Waals surface area contributed by atoms with E-state index in [0.29, 0.717) is 0 Å². The summed E-state index contributed by atoms with van der Waals surface area (Å²) >= 11 is 0. The molecule has 1 rings (SSSR count). The summed E-state index contributed by atoms with van der Waals surface area (Å²) in [5.74, 6) is 0. The van der Waals surface area contributed by atoms with Gasteiger partial charge in [-0.1, -0.05) is 31.2 Å². The third-order valence-electron chi connectivity index (χ3n) is 2.12. The van der Waals surface area contributed by atoms with Crippen LogP contribution in [0.25, 0.3) is 0 Å². The second-order valence-corrected chi connectivity index (χ2v) is 2.82. The second kappa shape index (κ2) is 4.05. The zero-order chi connectivity index (χ0) is 8.97. The van der Waals surface area contributed by atoms with Gasteiger partial charge in [0.05, 0.1) is 0 Å². The number of hydrogen-bond donors (Lipinski definition) is 0. The molecule has 0 saturated heterocycles. The summed E-state index contributed by atoms with van der Waals surface area (Å²) in [6.07, 6.45) is 1.07. The molecule has 0 aliphatic carbocycles. The standard InChI is InChI=1S/C11H15N/c1-4-10-7-5-6-8-11(10)9(2)12-3/h5-8H,4H2,1-3H3/b12-9-. The minimum absolute atomic E-state index is 1.07. The van der Waals surface area contributed by atoms with Crippen LogP contribution in [0.1, 0.15) is 25.0 Å². The zero-order valence-corrected chi connectivity index (χ0v) is 7.96. The maximum absolute atomic E-state index is 4.18. The van der Waals surface area contributed by atoms with Crippen LogP contribution in [0.3, 0.4) is 0 Å². The Morgan fingerprint density at radius 1 is 1.33 bits per heavy atom. The third kappa shape index (κ3) is 1.73. The van der Waals surface area contributed by atoms with Crippen molar-refractivity contribution in [3.63, 3.8) is 0 Å². The molecule has 1 aromatic carbocycles. The van der Waals surface area contributed by atoms with Crippen LogP contribution < -0.4 is 0 Å². The third-order valence-corrected chi connectivity index (χ3v) is 2.12. The molecule has 0 fully saturated rings. The largest absolute Gasteiger partial charge is 0.293 e. The van der Waals surface area contributed by atoms with E-state index < -0.39 is 0 Å². The Labute approximate surface area is 74.2 Å². The monoisotopic (exact) mass is 161 g/mol. The molecule has 0 aliphatic heterocycles. The fraction of sp³-hybridized carbons (Fsp3) is 0.364. The summed E-state index contributed by atoms with van der Waals surface area (Å²) in [5.41, 5.74) is 3.77. The maximum atomic E-state index is 4.18. The van der Waals surface area contributed by atoms with E-state index in [1.165, 1.54) is 11.1 Å². The predicted molar refractivity (Wildman–Crippen MR) is 54.0 cm³/mol. The van der Waals surface area contributed by atoms with E-state index >= 15 is 0 Å². The molecule has 0 spiro atoms. The fourth-order valence-corrected chi connectivity index (χ4v) is 1.30. The molecule has 1 nitrogen and oxygen atoms in total. The van der Waals surface area contributed by atoms with E-state index in [2.05, 4.69) is 43.1 Å². The summed E-state index contributed by atoms with van der Waals surface area (Å²) in [5, 5.41) is 0. The van der Waals surface area contributed by atoms with Gasteiger partial charge in [0, 0.05) is 12.8 Å². The van der Waals surface area contributed by atoms with Gasteiger partial charge < -0.3 is 0 Å². The molecule has 12 heavy (non-hydrogen) atoms. The summed E-state index contributed by atoms with van der Waals surface area (Å²) in [6, 6.07) is 8.42. The molecular weight excluding hydrogens is 146 g/mol. The Kier molecular flexibility index (Phi) is 3.03. The van der Waals surface area contributed by atoms with Crippen molar-refractivity contribution in [2.24, 2.45) is 4.99 Å². The van der Waals surface area contributed by atoms with Crippen molar-refractivity contribution in [3.8, 4) is 0 Å². The fourth-order valence-electron chi connectivity index (χ4n) is 1.30. The molecule has 0 aromatic heterocycles. The van der Waals surface area contributed by atoms with Gasteiger partial charge in [-0.2, -0.15) is 0 Å². The number of benzene rings is 1. The van der Waals surface area contributed by atoms with Gasteiger partial charge in [-0.25, -0.2) is 0 Å². The van der Waals surface area contributed by atoms with Crippen LogP contribution in [0.4, 0.5) is 0 Å². The van der Waals surface area contributed by atoms with Crippen LogP contribution in [-0.4, -0.2) is 12.8 Å². The Balaban J connectivity index is 3.13. The number of nitrogens with zero attached hydrogens (tertiary/aromatic N) is 1. The van der Waals surface area contributed by atoms with E-state index in [1.807, 2.05) is 7.05 Å². The summed E-state index contributed by atoms with van der Waals surface area (Å²) in [6.45, 7) is 4.22. The molecule has 64 valence electrons. The summed E-state index contributed by atoms with van der Waals surface area (Å²) in [7, 11) is 1.84. The number of rotatable bonds is 2. The topological polar surface area (TPSA) is 12.4 Å². The quantitative estimate of drug-likeness (QED) is 0.591. The molecular formula is C11H15N. The van der Waals surface area contributed by atoms with Crippen LogP contribution in [0.15, 0.2) is 29.3 Å². The molecule has 0 radical (unpaired) electrons.